The van der Waals surface area contributed by atoms with E-state index < -0.39 is 6.09 Å². The summed E-state index contributed by atoms with van der Waals surface area (Å²) in [6.45, 7) is 4.10. The van der Waals surface area contributed by atoms with Crippen LogP contribution in [0.4, 0.5) is 4.79 Å². The molecule has 0 saturated heterocycles. The van der Waals surface area contributed by atoms with Crippen molar-refractivity contribution in [2.75, 3.05) is 0 Å². The van der Waals surface area contributed by atoms with Crippen LogP contribution in [0.1, 0.15) is 31.9 Å². The van der Waals surface area contributed by atoms with E-state index >= 15 is 0 Å². The number of hydrogen-bond donors (Lipinski definition) is 1. The number of ether oxygens (including phenoxy) is 1. The smallest absolute Gasteiger partial charge is 0.405 e. The molecule has 15 heavy (non-hydrogen) atoms. The fourth-order valence-corrected chi connectivity index (χ4v) is 1.49. The van der Waals surface area contributed by atoms with Crippen LogP contribution >= 0.6 is 0 Å². The van der Waals surface area contributed by atoms with Gasteiger partial charge in [-0.25, -0.2) is 4.79 Å². The molecule has 3 heteroatoms. The Kier molecular flexibility index (Phi) is 4.16. The van der Waals surface area contributed by atoms with Gasteiger partial charge in [0.25, 0.3) is 0 Å². The first-order valence-corrected chi connectivity index (χ1v) is 5.16. The molecule has 1 rings (SSSR count). The first-order valence-electron chi connectivity index (χ1n) is 5.16. The average Bonchev–Trinajstić information content (AvgIpc) is 2.26. The highest BCUT2D eigenvalue weighted by molar-refractivity contribution is 5.65. The fraction of sp³-hybridized carbons (Fsp3) is 0.417. The molecule has 0 bridgehead atoms. The van der Waals surface area contributed by atoms with Crippen LogP contribution in [-0.2, 0) is 4.74 Å². The third kappa shape index (κ3) is 3.27. The Morgan fingerprint density at radius 2 is 2.00 bits per heavy atom. The third-order valence-corrected chi connectivity index (χ3v) is 2.53. The minimum atomic E-state index is -0.718. The van der Waals surface area contributed by atoms with Gasteiger partial charge in [0.1, 0.15) is 6.10 Å². The number of nitrogens with two attached hydrogens (primary N) is 1. The molecule has 0 spiro atoms. The minimum Gasteiger partial charge on any atom is -0.441 e. The lowest BCUT2D eigenvalue weighted by Gasteiger charge is -2.22. The van der Waals surface area contributed by atoms with E-state index in [-0.39, 0.29) is 12.0 Å². The van der Waals surface area contributed by atoms with Gasteiger partial charge in [-0.3, -0.25) is 0 Å². The molecule has 0 fully saturated rings. The summed E-state index contributed by atoms with van der Waals surface area (Å²) >= 11 is 0. The SMILES string of the molecule is CCC(C)C(OC(N)=O)c1ccccc1. The van der Waals surface area contributed by atoms with E-state index in [1.165, 1.54) is 0 Å². The van der Waals surface area contributed by atoms with Gasteiger partial charge >= 0.3 is 6.09 Å². The second kappa shape index (κ2) is 5.39. The molecule has 1 amide bonds. The molecular formula is C12H17NO2. The predicted octanol–water partition coefficient (Wildman–Crippen LogP) is 2.87. The molecular weight excluding hydrogens is 190 g/mol. The maximum atomic E-state index is 10.8. The van der Waals surface area contributed by atoms with Gasteiger partial charge in [0, 0.05) is 0 Å². The molecule has 2 atom stereocenters. The van der Waals surface area contributed by atoms with Gasteiger partial charge in [0.15, 0.2) is 0 Å². The van der Waals surface area contributed by atoms with Gasteiger partial charge in [-0.15, -0.1) is 0 Å². The van der Waals surface area contributed by atoms with Crippen LogP contribution in [0.2, 0.25) is 0 Å². The normalized spacial score (nSPS) is 14.3. The highest BCUT2D eigenvalue weighted by Gasteiger charge is 2.20. The van der Waals surface area contributed by atoms with E-state index in [0.717, 1.165) is 12.0 Å². The van der Waals surface area contributed by atoms with E-state index in [2.05, 4.69) is 6.92 Å². The van der Waals surface area contributed by atoms with Crippen LogP contribution in [0.5, 0.6) is 0 Å². The van der Waals surface area contributed by atoms with Crippen molar-refractivity contribution in [3.8, 4) is 0 Å². The van der Waals surface area contributed by atoms with Gasteiger partial charge in [0.2, 0.25) is 0 Å². The first-order chi connectivity index (χ1) is 7.15. The van der Waals surface area contributed by atoms with Gasteiger partial charge in [0.05, 0.1) is 0 Å². The summed E-state index contributed by atoms with van der Waals surface area (Å²) in [5.74, 6) is 0.264. The average molecular weight is 207 g/mol. The Morgan fingerprint density at radius 1 is 1.40 bits per heavy atom. The fourth-order valence-electron chi connectivity index (χ4n) is 1.49. The van der Waals surface area contributed by atoms with Crippen molar-refractivity contribution < 1.29 is 9.53 Å². The van der Waals surface area contributed by atoms with Crippen molar-refractivity contribution in [1.82, 2.24) is 0 Å². The second-order valence-corrected chi connectivity index (χ2v) is 3.65. The van der Waals surface area contributed by atoms with E-state index in [1.54, 1.807) is 0 Å². The van der Waals surface area contributed by atoms with Crippen molar-refractivity contribution >= 4 is 6.09 Å². The first kappa shape index (κ1) is 11.6. The Bertz CT molecular complexity index is 311. The Morgan fingerprint density at radius 3 is 2.47 bits per heavy atom. The number of rotatable bonds is 4. The van der Waals surface area contributed by atoms with Crippen LogP contribution in [0.3, 0.4) is 0 Å². The van der Waals surface area contributed by atoms with Crippen molar-refractivity contribution in [1.29, 1.82) is 0 Å². The summed E-state index contributed by atoms with van der Waals surface area (Å²) in [6, 6.07) is 9.67. The highest BCUT2D eigenvalue weighted by Crippen LogP contribution is 2.27. The van der Waals surface area contributed by atoms with Crippen molar-refractivity contribution in [2.24, 2.45) is 11.7 Å². The molecule has 0 radical (unpaired) electrons. The van der Waals surface area contributed by atoms with Crippen molar-refractivity contribution in [2.45, 2.75) is 26.4 Å². The maximum absolute atomic E-state index is 10.8. The number of carbonyl (C=O) groups is 1. The molecule has 0 heterocycles. The molecule has 3 nitrogen and oxygen atoms in total. The quantitative estimate of drug-likeness (QED) is 0.825. The molecule has 0 aliphatic heterocycles. The molecule has 0 aromatic heterocycles. The molecule has 0 saturated carbocycles. The van der Waals surface area contributed by atoms with Crippen molar-refractivity contribution in [3.63, 3.8) is 0 Å². The molecule has 1 aromatic carbocycles. The second-order valence-electron chi connectivity index (χ2n) is 3.65. The van der Waals surface area contributed by atoms with Crippen molar-refractivity contribution in [3.05, 3.63) is 35.9 Å². The number of carbonyl (C=O) groups excluding carboxylic acids is 1. The van der Waals surface area contributed by atoms with Gasteiger partial charge in [-0.1, -0.05) is 44.2 Å². The summed E-state index contributed by atoms with van der Waals surface area (Å²) in [7, 11) is 0. The van der Waals surface area contributed by atoms with E-state index in [0.29, 0.717) is 0 Å². The largest absolute Gasteiger partial charge is 0.441 e. The Labute approximate surface area is 90.2 Å². The Balaban J connectivity index is 2.86. The maximum Gasteiger partial charge on any atom is 0.405 e. The summed E-state index contributed by atoms with van der Waals surface area (Å²) in [4.78, 5) is 10.8. The van der Waals surface area contributed by atoms with Gasteiger partial charge in [-0.05, 0) is 17.9 Å². The van der Waals surface area contributed by atoms with Crippen LogP contribution in [-0.4, -0.2) is 6.09 Å². The predicted molar refractivity (Wildman–Crippen MR) is 59.3 cm³/mol. The van der Waals surface area contributed by atoms with Crippen LogP contribution in [0.25, 0.3) is 0 Å². The zero-order chi connectivity index (χ0) is 11.3. The number of benzene rings is 1. The van der Waals surface area contributed by atoms with E-state index in [4.69, 9.17) is 10.5 Å². The minimum absolute atomic E-state index is 0.242. The number of amides is 1. The molecule has 0 aliphatic rings. The molecule has 1 aromatic rings. The Hall–Kier alpha value is -1.51. The van der Waals surface area contributed by atoms with Gasteiger partial charge < -0.3 is 10.5 Å². The topological polar surface area (TPSA) is 52.3 Å². The summed E-state index contributed by atoms with van der Waals surface area (Å²) < 4.78 is 5.13. The lowest BCUT2D eigenvalue weighted by Crippen LogP contribution is -2.21. The third-order valence-electron chi connectivity index (χ3n) is 2.53. The zero-order valence-electron chi connectivity index (χ0n) is 9.14. The zero-order valence-corrected chi connectivity index (χ0v) is 9.14. The number of hydrogen-bond acceptors (Lipinski definition) is 2. The van der Waals surface area contributed by atoms with Crippen LogP contribution in [0, 0.1) is 5.92 Å². The number of primary amides is 1. The lowest BCUT2D eigenvalue weighted by molar-refractivity contribution is 0.0719. The van der Waals surface area contributed by atoms with Gasteiger partial charge in [-0.2, -0.15) is 0 Å². The monoisotopic (exact) mass is 207 g/mol. The summed E-state index contributed by atoms with van der Waals surface area (Å²) in [6.07, 6.45) is -0.0230. The molecule has 2 N–H and O–H groups in total. The standard InChI is InChI=1S/C12H17NO2/c1-3-9(2)11(15-12(13)14)10-7-5-4-6-8-10/h4-9,11H,3H2,1-2H3,(H2,13,14). The van der Waals surface area contributed by atoms with E-state index in [9.17, 15) is 4.79 Å². The van der Waals surface area contributed by atoms with Crippen LogP contribution < -0.4 is 5.73 Å². The van der Waals surface area contributed by atoms with E-state index in [1.807, 2.05) is 37.3 Å². The lowest BCUT2D eigenvalue weighted by atomic mass is 9.95. The molecule has 2 unspecified atom stereocenters. The summed E-state index contributed by atoms with van der Waals surface area (Å²) in [5.41, 5.74) is 6.05. The van der Waals surface area contributed by atoms with Crippen LogP contribution in [0.15, 0.2) is 30.3 Å². The molecule has 0 aliphatic carbocycles. The highest BCUT2D eigenvalue weighted by atomic mass is 16.6. The molecule has 82 valence electrons. The summed E-state index contributed by atoms with van der Waals surface area (Å²) in [5, 5.41) is 0.